The Labute approximate surface area is 110 Å². The molecule has 86 valence electrons. The van der Waals surface area contributed by atoms with E-state index in [0.29, 0.717) is 0 Å². The van der Waals surface area contributed by atoms with Crippen LogP contribution in [0.4, 0.5) is 4.39 Å². The highest BCUT2D eigenvalue weighted by atomic mass is 127. The van der Waals surface area contributed by atoms with Crippen LogP contribution in [0.3, 0.4) is 0 Å². The summed E-state index contributed by atoms with van der Waals surface area (Å²) in [7, 11) is 1.92. The zero-order valence-corrected chi connectivity index (χ0v) is 11.6. The molecule has 1 aromatic rings. The SMILES string of the molecule is CC#CCCC(NC)c1ccc(F)cc1I. The maximum absolute atomic E-state index is 13.0. The minimum Gasteiger partial charge on any atom is -0.313 e. The molecule has 0 saturated heterocycles. The molecule has 0 saturated carbocycles. The highest BCUT2D eigenvalue weighted by molar-refractivity contribution is 14.1. The Bertz CT molecular complexity index is 406. The summed E-state index contributed by atoms with van der Waals surface area (Å²) in [6.07, 6.45) is 1.80. The summed E-state index contributed by atoms with van der Waals surface area (Å²) >= 11 is 2.17. The Balaban J connectivity index is 2.80. The summed E-state index contributed by atoms with van der Waals surface area (Å²) in [6, 6.07) is 5.16. The van der Waals surface area contributed by atoms with Crippen molar-refractivity contribution in [2.24, 2.45) is 0 Å². The first-order valence-electron chi connectivity index (χ1n) is 5.21. The molecular weight excluding hydrogens is 316 g/mol. The van der Waals surface area contributed by atoms with Crippen LogP contribution in [-0.4, -0.2) is 7.05 Å². The van der Waals surface area contributed by atoms with Gasteiger partial charge >= 0.3 is 0 Å². The Morgan fingerprint density at radius 2 is 2.25 bits per heavy atom. The van der Waals surface area contributed by atoms with Crippen molar-refractivity contribution in [3.05, 3.63) is 33.1 Å². The third kappa shape index (κ3) is 3.76. The maximum atomic E-state index is 13.0. The van der Waals surface area contributed by atoms with Gasteiger partial charge in [-0.15, -0.1) is 11.8 Å². The highest BCUT2D eigenvalue weighted by Crippen LogP contribution is 2.24. The van der Waals surface area contributed by atoms with Crippen LogP contribution in [0.15, 0.2) is 18.2 Å². The van der Waals surface area contributed by atoms with Crippen molar-refractivity contribution < 1.29 is 4.39 Å². The second-order valence-corrected chi connectivity index (χ2v) is 4.63. The van der Waals surface area contributed by atoms with E-state index < -0.39 is 0 Å². The zero-order valence-electron chi connectivity index (χ0n) is 9.48. The van der Waals surface area contributed by atoms with Gasteiger partial charge in [0.25, 0.3) is 0 Å². The molecule has 0 aliphatic rings. The largest absolute Gasteiger partial charge is 0.313 e. The standard InChI is InChI=1S/C13H15FIN/c1-3-4-5-6-13(16-2)11-8-7-10(14)9-12(11)15/h7-9,13,16H,5-6H2,1-2H3. The number of hydrogen-bond donors (Lipinski definition) is 1. The highest BCUT2D eigenvalue weighted by Gasteiger charge is 2.12. The third-order valence-corrected chi connectivity index (χ3v) is 3.36. The van der Waals surface area contributed by atoms with Crippen LogP contribution < -0.4 is 5.32 Å². The van der Waals surface area contributed by atoms with Crippen molar-refractivity contribution in [1.29, 1.82) is 0 Å². The molecule has 0 aliphatic heterocycles. The monoisotopic (exact) mass is 331 g/mol. The summed E-state index contributed by atoms with van der Waals surface area (Å²) in [5, 5.41) is 3.24. The summed E-state index contributed by atoms with van der Waals surface area (Å²) in [5.41, 5.74) is 1.14. The molecule has 1 nitrogen and oxygen atoms in total. The Kier molecular flexibility index (Phi) is 5.78. The average molecular weight is 331 g/mol. The minimum atomic E-state index is -0.184. The van der Waals surface area contributed by atoms with Gasteiger partial charge in [-0.3, -0.25) is 0 Å². The summed E-state index contributed by atoms with van der Waals surface area (Å²) < 4.78 is 13.9. The molecule has 1 atom stereocenters. The van der Waals surface area contributed by atoms with Crippen molar-refractivity contribution in [1.82, 2.24) is 5.32 Å². The number of hydrogen-bond acceptors (Lipinski definition) is 1. The van der Waals surface area contributed by atoms with E-state index in [1.54, 1.807) is 6.07 Å². The van der Waals surface area contributed by atoms with Crippen LogP contribution >= 0.6 is 22.6 Å². The van der Waals surface area contributed by atoms with Gasteiger partial charge < -0.3 is 5.32 Å². The van der Waals surface area contributed by atoms with Crippen LogP contribution in [0.1, 0.15) is 31.4 Å². The molecule has 0 spiro atoms. The fourth-order valence-electron chi connectivity index (χ4n) is 1.58. The molecular formula is C13H15FIN. The molecule has 1 N–H and O–H groups in total. The quantitative estimate of drug-likeness (QED) is 0.658. The number of halogens is 2. The summed E-state index contributed by atoms with van der Waals surface area (Å²) in [5.74, 6) is 5.75. The number of rotatable bonds is 4. The van der Waals surface area contributed by atoms with Crippen molar-refractivity contribution >= 4 is 22.6 Å². The van der Waals surface area contributed by atoms with E-state index in [1.165, 1.54) is 6.07 Å². The van der Waals surface area contributed by atoms with Crippen molar-refractivity contribution in [2.75, 3.05) is 7.05 Å². The van der Waals surface area contributed by atoms with E-state index in [-0.39, 0.29) is 11.9 Å². The number of nitrogens with one attached hydrogen (secondary N) is 1. The second-order valence-electron chi connectivity index (χ2n) is 3.47. The smallest absolute Gasteiger partial charge is 0.124 e. The molecule has 0 aromatic heterocycles. The van der Waals surface area contributed by atoms with Crippen molar-refractivity contribution in [3.8, 4) is 11.8 Å². The van der Waals surface area contributed by atoms with E-state index in [2.05, 4.69) is 39.7 Å². The molecule has 0 fully saturated rings. The Morgan fingerprint density at radius 3 is 2.81 bits per heavy atom. The van der Waals surface area contributed by atoms with E-state index in [4.69, 9.17) is 0 Å². The van der Waals surface area contributed by atoms with Gasteiger partial charge in [-0.05, 0) is 60.7 Å². The predicted octanol–water partition coefficient (Wildman–Crippen LogP) is 3.49. The van der Waals surface area contributed by atoms with Gasteiger partial charge in [-0.2, -0.15) is 0 Å². The molecule has 1 unspecified atom stereocenters. The molecule has 0 bridgehead atoms. The van der Waals surface area contributed by atoms with Crippen LogP contribution in [0.25, 0.3) is 0 Å². The molecule has 1 rings (SSSR count). The lowest BCUT2D eigenvalue weighted by molar-refractivity contribution is 0.552. The Morgan fingerprint density at radius 1 is 1.50 bits per heavy atom. The molecule has 0 amide bonds. The van der Waals surface area contributed by atoms with Crippen LogP contribution in [0.2, 0.25) is 0 Å². The van der Waals surface area contributed by atoms with Gasteiger partial charge in [-0.1, -0.05) is 6.07 Å². The topological polar surface area (TPSA) is 12.0 Å². The Hall–Kier alpha value is -0.600. The van der Waals surface area contributed by atoms with Gasteiger partial charge in [0.15, 0.2) is 0 Å². The minimum absolute atomic E-state index is 0.184. The zero-order chi connectivity index (χ0) is 12.0. The van der Waals surface area contributed by atoms with E-state index in [9.17, 15) is 4.39 Å². The molecule has 0 heterocycles. The first kappa shape index (κ1) is 13.5. The molecule has 1 aromatic carbocycles. The van der Waals surface area contributed by atoms with Crippen LogP contribution in [0, 0.1) is 21.2 Å². The van der Waals surface area contributed by atoms with E-state index in [0.717, 1.165) is 22.0 Å². The maximum Gasteiger partial charge on any atom is 0.124 e. The van der Waals surface area contributed by atoms with E-state index >= 15 is 0 Å². The second kappa shape index (κ2) is 6.87. The first-order chi connectivity index (χ1) is 7.69. The van der Waals surface area contributed by atoms with Gasteiger partial charge in [0.05, 0.1) is 0 Å². The summed E-state index contributed by atoms with van der Waals surface area (Å²) in [4.78, 5) is 0. The molecule has 16 heavy (non-hydrogen) atoms. The molecule has 0 aliphatic carbocycles. The van der Waals surface area contributed by atoms with Crippen molar-refractivity contribution in [3.63, 3.8) is 0 Å². The lowest BCUT2D eigenvalue weighted by Gasteiger charge is -2.17. The van der Waals surface area contributed by atoms with Gasteiger partial charge in [0.2, 0.25) is 0 Å². The lowest BCUT2D eigenvalue weighted by Crippen LogP contribution is -2.17. The van der Waals surface area contributed by atoms with Crippen molar-refractivity contribution in [2.45, 2.75) is 25.8 Å². The van der Waals surface area contributed by atoms with Crippen LogP contribution in [-0.2, 0) is 0 Å². The van der Waals surface area contributed by atoms with E-state index in [1.807, 2.05) is 20.0 Å². The van der Waals surface area contributed by atoms with Crippen LogP contribution in [0.5, 0.6) is 0 Å². The molecule has 0 radical (unpaired) electrons. The fourth-order valence-corrected chi connectivity index (χ4v) is 2.43. The van der Waals surface area contributed by atoms with Gasteiger partial charge in [0.1, 0.15) is 5.82 Å². The summed E-state index contributed by atoms with van der Waals surface area (Å²) in [6.45, 7) is 1.84. The lowest BCUT2D eigenvalue weighted by atomic mass is 10.0. The molecule has 3 heteroatoms. The normalized spacial score (nSPS) is 11.8. The number of benzene rings is 1. The average Bonchev–Trinajstić information content (AvgIpc) is 2.26. The van der Waals surface area contributed by atoms with Gasteiger partial charge in [0, 0.05) is 16.0 Å². The van der Waals surface area contributed by atoms with Gasteiger partial charge in [-0.25, -0.2) is 4.39 Å². The first-order valence-corrected chi connectivity index (χ1v) is 6.28. The third-order valence-electron chi connectivity index (χ3n) is 2.42. The predicted molar refractivity (Wildman–Crippen MR) is 73.6 cm³/mol. The fraction of sp³-hybridized carbons (Fsp3) is 0.385.